The molecule has 6 nitrogen and oxygen atoms in total. The van der Waals surface area contributed by atoms with Gasteiger partial charge in [-0.2, -0.15) is 0 Å². The van der Waals surface area contributed by atoms with Gasteiger partial charge in [-0.25, -0.2) is 0 Å². The van der Waals surface area contributed by atoms with Crippen molar-refractivity contribution in [2.45, 2.75) is 19.0 Å². The standard InChI is InChI=1S/C12H19N3O3/c1-8-2-3-11(18-8)9(6-13)15-4-5-17-7-10(15)12(14)16/h2-3,9-10H,4-7,13H2,1H3,(H2,14,16). The number of amides is 1. The maximum atomic E-state index is 11.5. The van der Waals surface area contributed by atoms with Gasteiger partial charge in [0, 0.05) is 13.1 Å². The Morgan fingerprint density at radius 1 is 1.61 bits per heavy atom. The van der Waals surface area contributed by atoms with E-state index in [9.17, 15) is 4.79 Å². The van der Waals surface area contributed by atoms with E-state index in [4.69, 9.17) is 20.6 Å². The molecule has 6 heteroatoms. The largest absolute Gasteiger partial charge is 0.465 e. The second-order valence-electron chi connectivity index (χ2n) is 4.43. The molecule has 100 valence electrons. The van der Waals surface area contributed by atoms with Crippen LogP contribution in [0.4, 0.5) is 0 Å². The van der Waals surface area contributed by atoms with Crippen LogP contribution in [0.2, 0.25) is 0 Å². The number of nitrogens with zero attached hydrogens (tertiary/aromatic N) is 1. The maximum Gasteiger partial charge on any atom is 0.237 e. The second-order valence-corrected chi connectivity index (χ2v) is 4.43. The maximum absolute atomic E-state index is 11.5. The number of morpholine rings is 1. The van der Waals surface area contributed by atoms with Crippen molar-refractivity contribution in [2.75, 3.05) is 26.3 Å². The van der Waals surface area contributed by atoms with Crippen LogP contribution < -0.4 is 11.5 Å². The fourth-order valence-electron chi connectivity index (χ4n) is 2.28. The highest BCUT2D eigenvalue weighted by Crippen LogP contribution is 2.25. The van der Waals surface area contributed by atoms with E-state index in [-0.39, 0.29) is 6.04 Å². The van der Waals surface area contributed by atoms with Gasteiger partial charge in [0.15, 0.2) is 0 Å². The molecule has 4 N–H and O–H groups in total. The molecule has 18 heavy (non-hydrogen) atoms. The first-order valence-corrected chi connectivity index (χ1v) is 6.02. The minimum Gasteiger partial charge on any atom is -0.465 e. The summed E-state index contributed by atoms with van der Waals surface area (Å²) in [4.78, 5) is 13.4. The second kappa shape index (κ2) is 5.51. The molecule has 2 unspecified atom stereocenters. The first kappa shape index (κ1) is 13.1. The molecular weight excluding hydrogens is 234 g/mol. The van der Waals surface area contributed by atoms with Gasteiger partial charge in [0.2, 0.25) is 5.91 Å². The minimum atomic E-state index is -0.447. The predicted molar refractivity (Wildman–Crippen MR) is 65.7 cm³/mol. The van der Waals surface area contributed by atoms with Crippen molar-refractivity contribution in [1.82, 2.24) is 4.90 Å². The number of rotatable bonds is 4. The molecule has 0 spiro atoms. The lowest BCUT2D eigenvalue weighted by atomic mass is 10.1. The van der Waals surface area contributed by atoms with Gasteiger partial charge in [-0.05, 0) is 19.1 Å². The number of aryl methyl sites for hydroxylation is 1. The molecule has 1 saturated heterocycles. The number of ether oxygens (including phenoxy) is 1. The Bertz CT molecular complexity index is 418. The van der Waals surface area contributed by atoms with Gasteiger partial charge in [-0.3, -0.25) is 9.69 Å². The SMILES string of the molecule is Cc1ccc(C(CN)N2CCOCC2C(N)=O)o1. The van der Waals surface area contributed by atoms with Gasteiger partial charge in [0.25, 0.3) is 0 Å². The molecule has 2 heterocycles. The van der Waals surface area contributed by atoms with Crippen LogP contribution >= 0.6 is 0 Å². The third kappa shape index (κ3) is 2.55. The van der Waals surface area contributed by atoms with Crippen LogP contribution in [0.1, 0.15) is 17.6 Å². The quantitative estimate of drug-likeness (QED) is 0.773. The van der Waals surface area contributed by atoms with Crippen molar-refractivity contribution in [3.63, 3.8) is 0 Å². The van der Waals surface area contributed by atoms with Crippen LogP contribution in [-0.2, 0) is 9.53 Å². The van der Waals surface area contributed by atoms with Crippen LogP contribution in [0.25, 0.3) is 0 Å². The zero-order valence-electron chi connectivity index (χ0n) is 10.5. The third-order valence-electron chi connectivity index (χ3n) is 3.21. The van der Waals surface area contributed by atoms with Crippen molar-refractivity contribution in [1.29, 1.82) is 0 Å². The fourth-order valence-corrected chi connectivity index (χ4v) is 2.28. The normalized spacial score (nSPS) is 22.9. The summed E-state index contributed by atoms with van der Waals surface area (Å²) in [6, 6.07) is 3.19. The average molecular weight is 253 g/mol. The number of furan rings is 1. The molecule has 1 aromatic heterocycles. The number of hydrogen-bond donors (Lipinski definition) is 2. The number of carbonyl (C=O) groups excluding carboxylic acids is 1. The molecule has 1 fully saturated rings. The van der Waals surface area contributed by atoms with Crippen molar-refractivity contribution in [2.24, 2.45) is 11.5 Å². The lowest BCUT2D eigenvalue weighted by Gasteiger charge is -2.38. The third-order valence-corrected chi connectivity index (χ3v) is 3.21. The summed E-state index contributed by atoms with van der Waals surface area (Å²) in [7, 11) is 0. The molecular formula is C12H19N3O3. The smallest absolute Gasteiger partial charge is 0.237 e. The van der Waals surface area contributed by atoms with Crippen LogP contribution in [0, 0.1) is 6.92 Å². The molecule has 0 aromatic carbocycles. The number of carbonyl (C=O) groups is 1. The number of hydrogen-bond acceptors (Lipinski definition) is 5. The van der Waals surface area contributed by atoms with E-state index in [1.54, 1.807) is 0 Å². The number of nitrogens with two attached hydrogens (primary N) is 2. The Labute approximate surface area is 106 Å². The zero-order valence-corrected chi connectivity index (χ0v) is 10.5. The molecule has 0 radical (unpaired) electrons. The summed E-state index contributed by atoms with van der Waals surface area (Å²) in [5.41, 5.74) is 11.2. The van der Waals surface area contributed by atoms with E-state index < -0.39 is 11.9 Å². The zero-order chi connectivity index (χ0) is 13.1. The predicted octanol–water partition coefficient (Wildman–Crippen LogP) is -0.226. The highest BCUT2D eigenvalue weighted by molar-refractivity contribution is 5.80. The van der Waals surface area contributed by atoms with Gasteiger partial charge in [0.05, 0.1) is 19.3 Å². The van der Waals surface area contributed by atoms with E-state index in [1.807, 2.05) is 24.0 Å². The van der Waals surface area contributed by atoms with E-state index in [2.05, 4.69) is 0 Å². The molecule has 1 aliphatic rings. The van der Waals surface area contributed by atoms with Crippen LogP contribution in [0.5, 0.6) is 0 Å². The van der Waals surface area contributed by atoms with E-state index in [0.717, 1.165) is 11.5 Å². The van der Waals surface area contributed by atoms with Crippen molar-refractivity contribution < 1.29 is 13.9 Å². The van der Waals surface area contributed by atoms with Crippen LogP contribution in [0.15, 0.2) is 16.5 Å². The van der Waals surface area contributed by atoms with Crippen molar-refractivity contribution in [3.8, 4) is 0 Å². The van der Waals surface area contributed by atoms with E-state index >= 15 is 0 Å². The highest BCUT2D eigenvalue weighted by atomic mass is 16.5. The molecule has 1 amide bonds. The monoisotopic (exact) mass is 253 g/mol. The molecule has 2 atom stereocenters. The lowest BCUT2D eigenvalue weighted by molar-refractivity contribution is -0.131. The van der Waals surface area contributed by atoms with Crippen molar-refractivity contribution in [3.05, 3.63) is 23.7 Å². The van der Waals surface area contributed by atoms with E-state index in [1.165, 1.54) is 0 Å². The van der Waals surface area contributed by atoms with Gasteiger partial charge < -0.3 is 20.6 Å². The van der Waals surface area contributed by atoms with Gasteiger partial charge in [-0.1, -0.05) is 0 Å². The van der Waals surface area contributed by atoms with E-state index in [0.29, 0.717) is 26.3 Å². The lowest BCUT2D eigenvalue weighted by Crippen LogP contribution is -2.54. The van der Waals surface area contributed by atoms with Gasteiger partial charge >= 0.3 is 0 Å². The molecule has 1 aromatic rings. The van der Waals surface area contributed by atoms with Gasteiger partial charge in [0.1, 0.15) is 17.6 Å². The Balaban J connectivity index is 2.22. The summed E-state index contributed by atoms with van der Waals surface area (Å²) in [6.45, 7) is 3.75. The first-order chi connectivity index (χ1) is 8.63. The first-order valence-electron chi connectivity index (χ1n) is 6.02. The fraction of sp³-hybridized carbons (Fsp3) is 0.583. The van der Waals surface area contributed by atoms with Gasteiger partial charge in [-0.15, -0.1) is 0 Å². The van der Waals surface area contributed by atoms with Crippen LogP contribution in [-0.4, -0.2) is 43.2 Å². The average Bonchev–Trinajstić information content (AvgIpc) is 2.77. The summed E-state index contributed by atoms with van der Waals surface area (Å²) in [5, 5.41) is 0. The Hall–Kier alpha value is -1.37. The minimum absolute atomic E-state index is 0.139. The summed E-state index contributed by atoms with van der Waals surface area (Å²) in [6.07, 6.45) is 0. The molecule has 0 bridgehead atoms. The Morgan fingerprint density at radius 2 is 2.39 bits per heavy atom. The summed E-state index contributed by atoms with van der Waals surface area (Å²) < 4.78 is 10.9. The van der Waals surface area contributed by atoms with Crippen molar-refractivity contribution >= 4 is 5.91 Å². The summed E-state index contributed by atoms with van der Waals surface area (Å²) >= 11 is 0. The van der Waals surface area contributed by atoms with Crippen LogP contribution in [0.3, 0.4) is 0 Å². The highest BCUT2D eigenvalue weighted by Gasteiger charge is 2.34. The summed E-state index contributed by atoms with van der Waals surface area (Å²) in [5.74, 6) is 1.20. The number of primary amides is 1. The topological polar surface area (TPSA) is 94.7 Å². The Kier molecular flexibility index (Phi) is 4.00. The Morgan fingerprint density at radius 3 is 2.94 bits per heavy atom. The molecule has 0 aliphatic carbocycles. The molecule has 0 saturated carbocycles. The molecule has 2 rings (SSSR count). The molecule has 1 aliphatic heterocycles.